The molecular weight excluding hydrogens is 369 g/mol. The number of hydrogen-bond donors (Lipinski definition) is 1. The lowest BCUT2D eigenvalue weighted by Crippen LogP contribution is -2.35. The van der Waals surface area contributed by atoms with Crippen molar-refractivity contribution in [3.63, 3.8) is 0 Å². The summed E-state index contributed by atoms with van der Waals surface area (Å²) in [6.07, 6.45) is 1.91. The molecule has 20 heavy (non-hydrogen) atoms. The van der Waals surface area contributed by atoms with E-state index in [1.165, 1.54) is 0 Å². The number of anilines is 1. The van der Waals surface area contributed by atoms with Gasteiger partial charge >= 0.3 is 5.97 Å². The van der Waals surface area contributed by atoms with Gasteiger partial charge in [-0.1, -0.05) is 0 Å². The van der Waals surface area contributed by atoms with Crippen LogP contribution in [0.15, 0.2) is 24.3 Å². The molecule has 1 aromatic rings. The molecule has 1 aliphatic heterocycles. The molecule has 1 aromatic carbocycles. The second-order valence-corrected chi connectivity index (χ2v) is 7.16. The summed E-state index contributed by atoms with van der Waals surface area (Å²) >= 11 is 2.23. The fraction of sp³-hybridized carbons (Fsp3) is 0.467. The van der Waals surface area contributed by atoms with Crippen molar-refractivity contribution in [1.29, 1.82) is 0 Å². The molecule has 1 heterocycles. The van der Waals surface area contributed by atoms with Crippen LogP contribution in [0.4, 0.5) is 5.69 Å². The molecule has 104 valence electrons. The molecular formula is C15H14INO3. The summed E-state index contributed by atoms with van der Waals surface area (Å²) in [7, 11) is 0. The maximum absolute atomic E-state index is 12.5. The molecule has 2 saturated carbocycles. The van der Waals surface area contributed by atoms with E-state index in [9.17, 15) is 9.59 Å². The number of fused-ring (bicyclic) bond motifs is 1. The smallest absolute Gasteiger partial charge is 0.310 e. The van der Waals surface area contributed by atoms with Crippen LogP contribution in [-0.4, -0.2) is 18.0 Å². The zero-order valence-corrected chi connectivity index (χ0v) is 12.9. The van der Waals surface area contributed by atoms with Gasteiger partial charge in [-0.25, -0.2) is 0 Å². The van der Waals surface area contributed by atoms with Crippen LogP contribution in [0, 0.1) is 27.2 Å². The Balaban J connectivity index is 1.54. The lowest BCUT2D eigenvalue weighted by atomic mass is 9.79. The van der Waals surface area contributed by atoms with Crippen molar-refractivity contribution < 1.29 is 14.3 Å². The molecule has 0 spiro atoms. The molecule has 2 aliphatic carbocycles. The summed E-state index contributed by atoms with van der Waals surface area (Å²) < 4.78 is 6.49. The van der Waals surface area contributed by atoms with Crippen molar-refractivity contribution in [2.24, 2.45) is 23.7 Å². The van der Waals surface area contributed by atoms with E-state index in [4.69, 9.17) is 4.74 Å². The number of benzene rings is 1. The quantitative estimate of drug-likeness (QED) is 0.631. The van der Waals surface area contributed by atoms with Crippen LogP contribution < -0.4 is 5.32 Å². The zero-order valence-electron chi connectivity index (χ0n) is 10.7. The number of esters is 1. The number of halogens is 1. The van der Waals surface area contributed by atoms with Crippen LogP contribution in [0.3, 0.4) is 0 Å². The minimum Gasteiger partial charge on any atom is -0.462 e. The van der Waals surface area contributed by atoms with Crippen LogP contribution >= 0.6 is 22.6 Å². The number of carbonyl (C=O) groups excluding carboxylic acids is 2. The Morgan fingerprint density at radius 2 is 2.00 bits per heavy atom. The second kappa shape index (κ2) is 4.44. The largest absolute Gasteiger partial charge is 0.462 e. The van der Waals surface area contributed by atoms with E-state index < -0.39 is 0 Å². The number of rotatable bonds is 2. The van der Waals surface area contributed by atoms with Crippen LogP contribution in [0.1, 0.15) is 12.8 Å². The first-order valence-electron chi connectivity index (χ1n) is 6.90. The van der Waals surface area contributed by atoms with Crippen molar-refractivity contribution in [2.75, 3.05) is 5.32 Å². The summed E-state index contributed by atoms with van der Waals surface area (Å²) in [5.41, 5.74) is 0.793. The minimum absolute atomic E-state index is 0.0268. The van der Waals surface area contributed by atoms with Crippen LogP contribution in [0.5, 0.6) is 0 Å². The Kier molecular flexibility index (Phi) is 2.80. The molecule has 2 bridgehead atoms. The molecule has 5 heteroatoms. The van der Waals surface area contributed by atoms with Gasteiger partial charge in [-0.3, -0.25) is 9.59 Å². The fourth-order valence-electron chi connectivity index (χ4n) is 4.12. The molecule has 0 radical (unpaired) electrons. The highest BCUT2D eigenvalue weighted by Crippen LogP contribution is 2.57. The highest BCUT2D eigenvalue weighted by atomic mass is 127. The molecule has 0 aromatic heterocycles. The molecule has 1 N–H and O–H groups in total. The van der Waals surface area contributed by atoms with E-state index in [2.05, 4.69) is 27.9 Å². The molecule has 1 amide bonds. The van der Waals surface area contributed by atoms with Crippen molar-refractivity contribution in [2.45, 2.75) is 18.9 Å². The SMILES string of the molecule is O=C(Nc1ccc(I)cc1)[C@H]1[C@H]2C[C@@H]3[C@@H]1C(=O)O[C@H]3C2. The maximum atomic E-state index is 12.5. The predicted molar refractivity (Wildman–Crippen MR) is 80.9 cm³/mol. The minimum atomic E-state index is -0.206. The number of ether oxygens (including phenoxy) is 1. The van der Waals surface area contributed by atoms with Gasteiger partial charge < -0.3 is 10.1 Å². The Morgan fingerprint density at radius 3 is 2.75 bits per heavy atom. The first kappa shape index (κ1) is 12.6. The van der Waals surface area contributed by atoms with Gasteiger partial charge in [0.2, 0.25) is 5.91 Å². The second-order valence-electron chi connectivity index (χ2n) is 5.92. The maximum Gasteiger partial charge on any atom is 0.310 e. The zero-order chi connectivity index (χ0) is 13.9. The monoisotopic (exact) mass is 383 g/mol. The van der Waals surface area contributed by atoms with E-state index >= 15 is 0 Å². The van der Waals surface area contributed by atoms with Crippen molar-refractivity contribution >= 4 is 40.2 Å². The number of hydrogen-bond acceptors (Lipinski definition) is 3. The molecule has 5 atom stereocenters. The Bertz CT molecular complexity index is 583. The van der Waals surface area contributed by atoms with Gasteiger partial charge in [0, 0.05) is 15.2 Å². The first-order chi connectivity index (χ1) is 9.63. The highest BCUT2D eigenvalue weighted by Gasteiger charge is 2.63. The molecule has 3 aliphatic rings. The predicted octanol–water partition coefficient (Wildman–Crippen LogP) is 2.43. The molecule has 4 nitrogen and oxygen atoms in total. The summed E-state index contributed by atoms with van der Waals surface area (Å²) in [6.45, 7) is 0. The standard InChI is InChI=1S/C15H14INO3/c16-8-1-3-9(4-2-8)17-14(18)12-7-5-10-11(6-7)20-15(19)13(10)12/h1-4,7,10-13H,5-6H2,(H,17,18)/t7-,10-,11-,12-,13-/m0/s1. The van der Waals surface area contributed by atoms with Crippen LogP contribution in [-0.2, 0) is 14.3 Å². The summed E-state index contributed by atoms with van der Waals surface area (Å²) in [4.78, 5) is 24.4. The van der Waals surface area contributed by atoms with Crippen molar-refractivity contribution in [3.05, 3.63) is 27.8 Å². The van der Waals surface area contributed by atoms with E-state index in [1.54, 1.807) is 0 Å². The fourth-order valence-corrected chi connectivity index (χ4v) is 4.48. The molecule has 3 fully saturated rings. The number of amides is 1. The average Bonchev–Trinajstić information content (AvgIpc) is 3.02. The Hall–Kier alpha value is -1.11. The van der Waals surface area contributed by atoms with Gasteiger partial charge in [-0.2, -0.15) is 0 Å². The Morgan fingerprint density at radius 1 is 1.25 bits per heavy atom. The van der Waals surface area contributed by atoms with Crippen molar-refractivity contribution in [3.8, 4) is 0 Å². The summed E-state index contributed by atoms with van der Waals surface area (Å²) in [5, 5.41) is 2.95. The summed E-state index contributed by atoms with van der Waals surface area (Å²) in [5.74, 6) is -0.0119. The molecule has 4 rings (SSSR count). The van der Waals surface area contributed by atoms with E-state index in [-0.39, 0.29) is 35.7 Å². The highest BCUT2D eigenvalue weighted by molar-refractivity contribution is 14.1. The van der Waals surface area contributed by atoms with Gasteiger partial charge in [-0.15, -0.1) is 0 Å². The number of carbonyl (C=O) groups is 2. The normalized spacial score (nSPS) is 37.0. The van der Waals surface area contributed by atoms with Crippen molar-refractivity contribution in [1.82, 2.24) is 0 Å². The summed E-state index contributed by atoms with van der Waals surface area (Å²) in [6, 6.07) is 7.69. The van der Waals surface area contributed by atoms with E-state index in [0.717, 1.165) is 22.1 Å². The van der Waals surface area contributed by atoms with Gasteiger partial charge in [0.05, 0.1) is 11.8 Å². The average molecular weight is 383 g/mol. The van der Waals surface area contributed by atoms with Crippen LogP contribution in [0.25, 0.3) is 0 Å². The Labute approximate surface area is 130 Å². The number of nitrogens with one attached hydrogen (secondary N) is 1. The first-order valence-corrected chi connectivity index (χ1v) is 7.98. The van der Waals surface area contributed by atoms with E-state index in [0.29, 0.717) is 5.92 Å². The third-order valence-corrected chi connectivity index (χ3v) is 5.62. The third kappa shape index (κ3) is 1.78. The third-order valence-electron chi connectivity index (χ3n) is 4.90. The van der Waals surface area contributed by atoms with Gasteiger partial charge in [-0.05, 0) is 65.6 Å². The topological polar surface area (TPSA) is 55.4 Å². The van der Waals surface area contributed by atoms with Gasteiger partial charge in [0.25, 0.3) is 0 Å². The van der Waals surface area contributed by atoms with E-state index in [1.807, 2.05) is 24.3 Å². The van der Waals surface area contributed by atoms with Gasteiger partial charge in [0.15, 0.2) is 0 Å². The lowest BCUT2D eigenvalue weighted by molar-refractivity contribution is -0.145. The van der Waals surface area contributed by atoms with Crippen LogP contribution in [0.2, 0.25) is 0 Å². The van der Waals surface area contributed by atoms with Gasteiger partial charge in [0.1, 0.15) is 6.10 Å². The molecule has 0 unspecified atom stereocenters. The molecule has 1 saturated heterocycles. The lowest BCUT2D eigenvalue weighted by Gasteiger charge is -2.23.